The van der Waals surface area contributed by atoms with Crippen molar-refractivity contribution >= 4 is 16.9 Å². The first kappa shape index (κ1) is 14.0. The molecule has 0 aromatic heterocycles. The second-order valence-corrected chi connectivity index (χ2v) is 7.24. The summed E-state index contributed by atoms with van der Waals surface area (Å²) in [6, 6.07) is 0.102. The van der Waals surface area contributed by atoms with Crippen LogP contribution in [0.1, 0.15) is 40.0 Å². The van der Waals surface area contributed by atoms with Gasteiger partial charge in [0.2, 0.25) is 0 Å². The maximum atomic E-state index is 12.9. The molecule has 1 unspecified atom stereocenters. The average molecular weight is 280 g/mol. The second-order valence-electron chi connectivity index (χ2n) is 6.16. The van der Waals surface area contributed by atoms with Gasteiger partial charge in [-0.15, -0.1) is 0 Å². The van der Waals surface area contributed by atoms with Gasteiger partial charge in [0.15, 0.2) is 5.17 Å². The van der Waals surface area contributed by atoms with Crippen LogP contribution in [-0.2, 0) is 0 Å². The lowest BCUT2D eigenvalue weighted by Gasteiger charge is -2.32. The quantitative estimate of drug-likeness (QED) is 0.794. The third kappa shape index (κ3) is 2.78. The Hall–Kier alpha value is -0.390. The van der Waals surface area contributed by atoms with Crippen LogP contribution in [0.5, 0.6) is 0 Å². The normalized spacial score (nSPS) is 27.7. The topological polar surface area (TPSA) is 24.4 Å². The van der Waals surface area contributed by atoms with Crippen LogP contribution in [0.3, 0.4) is 0 Å². The number of thioether (sulfide) groups is 1. The Bertz CT molecular complexity index is 353. The molecule has 1 aliphatic heterocycles. The van der Waals surface area contributed by atoms with Crippen molar-refractivity contribution in [3.05, 3.63) is 0 Å². The van der Waals surface area contributed by atoms with Crippen molar-refractivity contribution in [2.75, 3.05) is 5.75 Å². The predicted molar refractivity (Wildman–Crippen MR) is 68.9 cm³/mol. The van der Waals surface area contributed by atoms with E-state index in [-0.39, 0.29) is 24.3 Å². The third-order valence-electron chi connectivity index (χ3n) is 3.54. The highest BCUT2D eigenvalue weighted by Gasteiger charge is 2.64. The summed E-state index contributed by atoms with van der Waals surface area (Å²) in [5, 5.41) is 3.10. The zero-order valence-electron chi connectivity index (χ0n) is 10.9. The van der Waals surface area contributed by atoms with Crippen LogP contribution in [0.25, 0.3) is 0 Å². The van der Waals surface area contributed by atoms with E-state index in [0.717, 1.165) is 12.2 Å². The molecule has 0 radical (unpaired) electrons. The van der Waals surface area contributed by atoms with Crippen LogP contribution in [0, 0.1) is 5.41 Å². The number of hydrogen-bond donors (Lipinski definition) is 1. The molecule has 104 valence electrons. The van der Waals surface area contributed by atoms with E-state index in [1.54, 1.807) is 0 Å². The van der Waals surface area contributed by atoms with Gasteiger partial charge in [0, 0.05) is 5.75 Å². The summed E-state index contributed by atoms with van der Waals surface area (Å²) in [5.41, 5.74) is -1.69. The Balaban J connectivity index is 2.08. The summed E-state index contributed by atoms with van der Waals surface area (Å²) in [6.07, 6.45) is -2.92. The van der Waals surface area contributed by atoms with Crippen LogP contribution in [0.2, 0.25) is 0 Å². The van der Waals surface area contributed by atoms with Gasteiger partial charge < -0.3 is 5.32 Å². The molecule has 2 aliphatic rings. The van der Waals surface area contributed by atoms with Crippen molar-refractivity contribution in [3.63, 3.8) is 0 Å². The molecule has 6 heteroatoms. The number of rotatable bonds is 1. The number of alkyl halides is 3. The molecule has 1 saturated carbocycles. The van der Waals surface area contributed by atoms with Crippen molar-refractivity contribution in [2.24, 2.45) is 10.4 Å². The minimum absolute atomic E-state index is 0.00283. The van der Waals surface area contributed by atoms with Gasteiger partial charge in [-0.05, 0) is 24.7 Å². The Kier molecular flexibility index (Phi) is 3.37. The van der Waals surface area contributed by atoms with E-state index in [0.29, 0.717) is 5.17 Å². The molecular formula is C12H19F3N2S. The van der Waals surface area contributed by atoms with Crippen molar-refractivity contribution in [1.82, 2.24) is 5.32 Å². The van der Waals surface area contributed by atoms with Gasteiger partial charge in [-0.1, -0.05) is 32.5 Å². The molecule has 1 aliphatic carbocycles. The van der Waals surface area contributed by atoms with Gasteiger partial charge in [0.1, 0.15) is 5.54 Å². The Morgan fingerprint density at radius 1 is 1.28 bits per heavy atom. The average Bonchev–Trinajstić information content (AvgIpc) is 2.97. The lowest BCUT2D eigenvalue weighted by molar-refractivity contribution is -0.161. The van der Waals surface area contributed by atoms with E-state index in [1.165, 1.54) is 11.8 Å². The minimum atomic E-state index is -4.18. The number of aliphatic imine (C=N–C) groups is 1. The molecule has 2 rings (SSSR count). The molecule has 0 amide bonds. The molecule has 0 aromatic rings. The van der Waals surface area contributed by atoms with Crippen molar-refractivity contribution in [3.8, 4) is 0 Å². The van der Waals surface area contributed by atoms with Gasteiger partial charge in [0.25, 0.3) is 0 Å². The fourth-order valence-corrected chi connectivity index (χ4v) is 3.02. The lowest BCUT2D eigenvalue weighted by Crippen LogP contribution is -2.48. The zero-order valence-corrected chi connectivity index (χ0v) is 11.7. The molecule has 1 N–H and O–H groups in total. The van der Waals surface area contributed by atoms with E-state index in [1.807, 2.05) is 0 Å². The Labute approximate surface area is 110 Å². The molecule has 0 spiro atoms. The first-order valence-electron chi connectivity index (χ1n) is 6.20. The Morgan fingerprint density at radius 2 is 1.89 bits per heavy atom. The molecule has 0 saturated heterocycles. The van der Waals surface area contributed by atoms with Gasteiger partial charge in [0.05, 0.1) is 6.04 Å². The number of halogens is 3. The van der Waals surface area contributed by atoms with Crippen LogP contribution < -0.4 is 5.32 Å². The SMILES string of the molecule is CC(C)(C)C1CCSC(NC2(C(F)(F)F)CC2)=N1. The summed E-state index contributed by atoms with van der Waals surface area (Å²) in [5.74, 6) is 0.835. The number of amidine groups is 1. The van der Waals surface area contributed by atoms with E-state index < -0.39 is 11.7 Å². The largest absolute Gasteiger partial charge is 0.411 e. The zero-order chi connectivity index (χ0) is 13.6. The summed E-state index contributed by atoms with van der Waals surface area (Å²) >= 11 is 1.40. The minimum Gasteiger partial charge on any atom is -0.351 e. The van der Waals surface area contributed by atoms with E-state index in [4.69, 9.17) is 0 Å². The highest BCUT2D eigenvalue weighted by Crippen LogP contribution is 2.49. The van der Waals surface area contributed by atoms with E-state index in [2.05, 4.69) is 31.1 Å². The summed E-state index contributed by atoms with van der Waals surface area (Å²) in [4.78, 5) is 4.46. The summed E-state index contributed by atoms with van der Waals surface area (Å²) in [6.45, 7) is 6.22. The van der Waals surface area contributed by atoms with E-state index in [9.17, 15) is 13.2 Å². The van der Waals surface area contributed by atoms with Gasteiger partial charge in [-0.2, -0.15) is 13.2 Å². The fourth-order valence-electron chi connectivity index (χ4n) is 2.01. The summed E-state index contributed by atoms with van der Waals surface area (Å²) < 4.78 is 38.6. The number of nitrogens with one attached hydrogen (secondary N) is 1. The first-order chi connectivity index (χ1) is 8.14. The monoisotopic (exact) mass is 280 g/mol. The number of nitrogens with zero attached hydrogens (tertiary/aromatic N) is 1. The van der Waals surface area contributed by atoms with Crippen molar-refractivity contribution in [2.45, 2.75) is 57.8 Å². The highest BCUT2D eigenvalue weighted by molar-refractivity contribution is 8.13. The van der Waals surface area contributed by atoms with Crippen LogP contribution in [0.4, 0.5) is 13.2 Å². The summed E-state index contributed by atoms with van der Waals surface area (Å²) in [7, 11) is 0. The van der Waals surface area contributed by atoms with E-state index >= 15 is 0 Å². The molecule has 1 atom stereocenters. The molecular weight excluding hydrogens is 261 g/mol. The van der Waals surface area contributed by atoms with Crippen LogP contribution in [-0.4, -0.2) is 28.7 Å². The van der Waals surface area contributed by atoms with Crippen molar-refractivity contribution < 1.29 is 13.2 Å². The van der Waals surface area contributed by atoms with Crippen LogP contribution in [0.15, 0.2) is 4.99 Å². The second kappa shape index (κ2) is 4.32. The molecule has 2 nitrogen and oxygen atoms in total. The van der Waals surface area contributed by atoms with Crippen LogP contribution >= 0.6 is 11.8 Å². The molecule has 1 heterocycles. The predicted octanol–water partition coefficient (Wildman–Crippen LogP) is 3.58. The first-order valence-corrected chi connectivity index (χ1v) is 7.18. The third-order valence-corrected chi connectivity index (χ3v) is 4.46. The molecule has 0 bridgehead atoms. The molecule has 0 aromatic carbocycles. The molecule has 18 heavy (non-hydrogen) atoms. The maximum Gasteiger partial charge on any atom is 0.411 e. The lowest BCUT2D eigenvalue weighted by atomic mass is 9.85. The van der Waals surface area contributed by atoms with Crippen molar-refractivity contribution in [1.29, 1.82) is 0 Å². The van der Waals surface area contributed by atoms with Gasteiger partial charge in [-0.25, -0.2) is 0 Å². The number of hydrogen-bond acceptors (Lipinski definition) is 3. The maximum absolute atomic E-state index is 12.9. The molecule has 1 fully saturated rings. The highest BCUT2D eigenvalue weighted by atomic mass is 32.2. The Morgan fingerprint density at radius 3 is 2.33 bits per heavy atom. The standard InChI is InChI=1S/C12H19F3N2S/c1-10(2,3)8-4-7-18-9(16-8)17-11(5-6-11)12(13,14)15/h8H,4-7H2,1-3H3,(H,16,17). The van der Waals surface area contributed by atoms with Gasteiger partial charge >= 0.3 is 6.18 Å². The fraction of sp³-hybridized carbons (Fsp3) is 0.917. The van der Waals surface area contributed by atoms with Gasteiger partial charge in [-0.3, -0.25) is 4.99 Å². The smallest absolute Gasteiger partial charge is 0.351 e.